The Morgan fingerprint density at radius 1 is 1.21 bits per heavy atom. The van der Waals surface area contributed by atoms with E-state index in [4.69, 9.17) is 0 Å². The van der Waals surface area contributed by atoms with E-state index in [-0.39, 0.29) is 11.9 Å². The van der Waals surface area contributed by atoms with Crippen LogP contribution in [0.25, 0.3) is 0 Å². The monoisotopic (exact) mass is 370 g/mol. The number of carbonyl (C=O) groups excluding carboxylic acids is 1. The standard InChI is InChI=1S/C17H26N2O3S2/c1-12-6-3-4-7-14(12)18-17(20)15-8-5-11-19(15)24(21,22)16-10-9-13(2)23-16/h9-10,12,14-15H,3-8,11H2,1-2H3,(H,18,20). The van der Waals surface area contributed by atoms with Crippen molar-refractivity contribution >= 4 is 27.3 Å². The molecule has 0 aromatic carbocycles. The number of amides is 1. The Labute approximate surface area is 148 Å². The van der Waals surface area contributed by atoms with E-state index >= 15 is 0 Å². The number of hydrogen-bond acceptors (Lipinski definition) is 4. The molecule has 2 heterocycles. The number of carbonyl (C=O) groups is 1. The highest BCUT2D eigenvalue weighted by molar-refractivity contribution is 7.91. The van der Waals surface area contributed by atoms with E-state index in [1.54, 1.807) is 6.07 Å². The Hall–Kier alpha value is -0.920. The summed E-state index contributed by atoms with van der Waals surface area (Å²) in [6.45, 7) is 4.49. The minimum Gasteiger partial charge on any atom is -0.352 e. The zero-order valence-electron chi connectivity index (χ0n) is 14.3. The Morgan fingerprint density at radius 3 is 2.62 bits per heavy atom. The molecule has 3 rings (SSSR count). The molecular weight excluding hydrogens is 344 g/mol. The molecule has 1 aromatic heterocycles. The predicted octanol–water partition coefficient (Wildman–Crippen LogP) is 2.90. The average molecular weight is 371 g/mol. The van der Waals surface area contributed by atoms with Crippen LogP contribution in [0.15, 0.2) is 16.3 Å². The van der Waals surface area contributed by atoms with Gasteiger partial charge in [0.15, 0.2) is 0 Å². The maximum atomic E-state index is 12.9. The van der Waals surface area contributed by atoms with Crippen molar-refractivity contribution in [3.05, 3.63) is 17.0 Å². The van der Waals surface area contributed by atoms with Gasteiger partial charge in [-0.25, -0.2) is 8.42 Å². The molecule has 1 saturated carbocycles. The van der Waals surface area contributed by atoms with Gasteiger partial charge in [-0.3, -0.25) is 4.79 Å². The van der Waals surface area contributed by atoms with Gasteiger partial charge < -0.3 is 5.32 Å². The number of sulfonamides is 1. The lowest BCUT2D eigenvalue weighted by Crippen LogP contribution is -2.50. The Bertz CT molecular complexity index is 698. The van der Waals surface area contributed by atoms with Gasteiger partial charge in [-0.2, -0.15) is 4.31 Å². The van der Waals surface area contributed by atoms with Gasteiger partial charge in [-0.15, -0.1) is 11.3 Å². The number of hydrogen-bond donors (Lipinski definition) is 1. The van der Waals surface area contributed by atoms with Gasteiger partial charge in [0.25, 0.3) is 10.0 Å². The maximum Gasteiger partial charge on any atom is 0.253 e. The minimum absolute atomic E-state index is 0.122. The van der Waals surface area contributed by atoms with Crippen molar-refractivity contribution in [2.24, 2.45) is 5.92 Å². The molecule has 5 nitrogen and oxygen atoms in total. The number of aryl methyl sites for hydroxylation is 1. The summed E-state index contributed by atoms with van der Waals surface area (Å²) in [5.41, 5.74) is 0. The Kier molecular flexibility index (Phi) is 5.32. The molecule has 0 bridgehead atoms. The zero-order chi connectivity index (χ0) is 17.3. The second-order valence-electron chi connectivity index (χ2n) is 7.02. The largest absolute Gasteiger partial charge is 0.352 e. The molecule has 3 unspecified atom stereocenters. The molecule has 24 heavy (non-hydrogen) atoms. The summed E-state index contributed by atoms with van der Waals surface area (Å²) in [6, 6.07) is 3.07. The van der Waals surface area contributed by atoms with Crippen molar-refractivity contribution in [1.29, 1.82) is 0 Å². The first-order chi connectivity index (χ1) is 11.4. The summed E-state index contributed by atoms with van der Waals surface area (Å²) in [5.74, 6) is 0.345. The summed E-state index contributed by atoms with van der Waals surface area (Å²) >= 11 is 1.27. The van der Waals surface area contributed by atoms with Crippen LogP contribution in [0, 0.1) is 12.8 Å². The number of thiophene rings is 1. The van der Waals surface area contributed by atoms with Crippen LogP contribution >= 0.6 is 11.3 Å². The average Bonchev–Trinajstić information content (AvgIpc) is 3.18. The van der Waals surface area contributed by atoms with Crippen molar-refractivity contribution in [2.45, 2.75) is 68.7 Å². The lowest BCUT2D eigenvalue weighted by Gasteiger charge is -2.31. The first kappa shape index (κ1) is 17.9. The van der Waals surface area contributed by atoms with Gasteiger partial charge >= 0.3 is 0 Å². The summed E-state index contributed by atoms with van der Waals surface area (Å²) in [4.78, 5) is 13.7. The van der Waals surface area contributed by atoms with Gasteiger partial charge in [0, 0.05) is 17.5 Å². The molecule has 3 atom stereocenters. The van der Waals surface area contributed by atoms with Crippen LogP contribution < -0.4 is 5.32 Å². The molecule has 0 radical (unpaired) electrons. The number of rotatable bonds is 4. The highest BCUT2D eigenvalue weighted by atomic mass is 32.2. The molecule has 134 valence electrons. The molecule has 1 amide bonds. The van der Waals surface area contributed by atoms with E-state index < -0.39 is 16.1 Å². The summed E-state index contributed by atoms with van der Waals surface area (Å²) in [7, 11) is -3.58. The highest BCUT2D eigenvalue weighted by Gasteiger charge is 2.40. The van der Waals surface area contributed by atoms with Gasteiger partial charge in [0.05, 0.1) is 0 Å². The van der Waals surface area contributed by atoms with Crippen LogP contribution in [0.1, 0.15) is 50.3 Å². The Balaban J connectivity index is 1.74. The third-order valence-electron chi connectivity index (χ3n) is 5.22. The molecule has 2 aliphatic rings. The molecule has 2 fully saturated rings. The van der Waals surface area contributed by atoms with Crippen molar-refractivity contribution in [3.63, 3.8) is 0 Å². The maximum absolute atomic E-state index is 12.9. The summed E-state index contributed by atoms with van der Waals surface area (Å²) in [6.07, 6.45) is 5.83. The third-order valence-corrected chi connectivity index (χ3v) is 8.60. The van der Waals surface area contributed by atoms with Crippen molar-refractivity contribution in [3.8, 4) is 0 Å². The lowest BCUT2D eigenvalue weighted by atomic mass is 9.86. The van der Waals surface area contributed by atoms with Crippen LogP contribution in [0.2, 0.25) is 0 Å². The van der Waals surface area contributed by atoms with Crippen LogP contribution in [0.5, 0.6) is 0 Å². The first-order valence-corrected chi connectivity index (χ1v) is 11.0. The van der Waals surface area contributed by atoms with Gasteiger partial charge in [-0.05, 0) is 50.7 Å². The molecule has 0 spiro atoms. The fourth-order valence-corrected chi connectivity index (χ4v) is 6.83. The van der Waals surface area contributed by atoms with E-state index in [0.29, 0.717) is 23.1 Å². The van der Waals surface area contributed by atoms with Crippen molar-refractivity contribution < 1.29 is 13.2 Å². The van der Waals surface area contributed by atoms with Gasteiger partial charge in [-0.1, -0.05) is 19.8 Å². The fourth-order valence-electron chi connectivity index (χ4n) is 3.77. The molecule has 7 heteroatoms. The van der Waals surface area contributed by atoms with Crippen LogP contribution in [0.4, 0.5) is 0 Å². The SMILES string of the molecule is Cc1ccc(S(=O)(=O)N2CCCC2C(=O)NC2CCCCC2C)s1. The second kappa shape index (κ2) is 7.14. The normalized spacial score (nSPS) is 28.8. The van der Waals surface area contributed by atoms with E-state index in [1.165, 1.54) is 22.1 Å². The highest BCUT2D eigenvalue weighted by Crippen LogP contribution is 2.31. The topological polar surface area (TPSA) is 66.5 Å². The van der Waals surface area contributed by atoms with Crippen molar-refractivity contribution in [2.75, 3.05) is 6.54 Å². The van der Waals surface area contributed by atoms with Crippen LogP contribution in [0.3, 0.4) is 0 Å². The molecule has 1 aliphatic carbocycles. The van der Waals surface area contributed by atoms with Gasteiger partial charge in [0.1, 0.15) is 10.3 Å². The minimum atomic E-state index is -3.58. The zero-order valence-corrected chi connectivity index (χ0v) is 16.0. The lowest BCUT2D eigenvalue weighted by molar-refractivity contribution is -0.125. The molecule has 1 aromatic rings. The number of nitrogens with one attached hydrogen (secondary N) is 1. The quantitative estimate of drug-likeness (QED) is 0.886. The molecule has 1 N–H and O–H groups in total. The molecule has 1 saturated heterocycles. The van der Waals surface area contributed by atoms with E-state index in [1.807, 2.05) is 13.0 Å². The molecule has 1 aliphatic heterocycles. The molecular formula is C17H26N2O3S2. The van der Waals surface area contributed by atoms with Crippen molar-refractivity contribution in [1.82, 2.24) is 9.62 Å². The van der Waals surface area contributed by atoms with E-state index in [9.17, 15) is 13.2 Å². The number of nitrogens with zero attached hydrogens (tertiary/aromatic N) is 1. The van der Waals surface area contributed by atoms with Gasteiger partial charge in [0.2, 0.25) is 5.91 Å². The fraction of sp³-hybridized carbons (Fsp3) is 0.706. The third kappa shape index (κ3) is 3.53. The van der Waals surface area contributed by atoms with E-state index in [0.717, 1.165) is 30.6 Å². The summed E-state index contributed by atoms with van der Waals surface area (Å²) < 4.78 is 27.5. The second-order valence-corrected chi connectivity index (χ2v) is 10.4. The van der Waals surface area contributed by atoms with E-state index in [2.05, 4.69) is 12.2 Å². The first-order valence-electron chi connectivity index (χ1n) is 8.78. The van der Waals surface area contributed by atoms with Crippen LogP contribution in [-0.2, 0) is 14.8 Å². The summed E-state index contributed by atoms with van der Waals surface area (Å²) in [5, 5.41) is 3.13. The van der Waals surface area contributed by atoms with Crippen LogP contribution in [-0.4, -0.2) is 37.3 Å². The Morgan fingerprint density at radius 2 is 1.96 bits per heavy atom. The smallest absolute Gasteiger partial charge is 0.253 e. The predicted molar refractivity (Wildman–Crippen MR) is 95.5 cm³/mol.